The Hall–Kier alpha value is -2.68. The third-order valence-electron chi connectivity index (χ3n) is 12.5. The van der Waals surface area contributed by atoms with Gasteiger partial charge in [0, 0.05) is 32.0 Å². The van der Waals surface area contributed by atoms with E-state index >= 15 is 0 Å². The summed E-state index contributed by atoms with van der Waals surface area (Å²) in [6, 6.07) is 0. The first-order valence-corrected chi connectivity index (χ1v) is 26.1. The number of esters is 2. The van der Waals surface area contributed by atoms with Crippen molar-refractivity contribution in [3.05, 3.63) is 30.0 Å². The number of carbonyl (C=O) groups excluding carboxylic acids is 2. The predicted octanol–water partition coefficient (Wildman–Crippen LogP) is 13.7. The number of imidazole rings is 1. The fourth-order valence-electron chi connectivity index (χ4n) is 8.59. The van der Waals surface area contributed by atoms with E-state index in [0.717, 1.165) is 102 Å². The average Bonchev–Trinajstić information content (AvgIpc) is 3.57. The minimum atomic E-state index is -0.0240. The Morgan fingerprint density at radius 3 is 1.67 bits per heavy atom. The monoisotopic (exact) mass is 854 g/mol. The van der Waals surface area contributed by atoms with Crippen molar-refractivity contribution < 1.29 is 19.1 Å². The Morgan fingerprint density at radius 1 is 0.623 bits per heavy atom. The van der Waals surface area contributed by atoms with Crippen LogP contribution < -0.4 is 5.73 Å². The molecule has 61 heavy (non-hydrogen) atoms. The Balaban J connectivity index is 1.69. The molecule has 0 aromatic carbocycles. The Morgan fingerprint density at radius 2 is 1.10 bits per heavy atom. The third-order valence-corrected chi connectivity index (χ3v) is 12.5. The standard InChI is InChI=1S/C52H95N5O4/c1-4-7-10-13-16-25-32-45-60-49(58)38-28-21-17-23-30-41-56(43-34-44-57-46-55-51-48(57)37-33-40-54-52(51)53)42-31-24-18-22-29-39-50(59)61-47(35-26-19-14-11-8-5-2)36-27-20-15-12-9-6-3/h33,40,46-47H,4-32,34-39,41-45H2,1-3H3,(H2,53,54). The number of rotatable bonds is 43. The zero-order valence-electron chi connectivity index (χ0n) is 40.1. The molecule has 2 N–H and O–H groups in total. The van der Waals surface area contributed by atoms with E-state index in [-0.39, 0.29) is 18.0 Å². The molecule has 0 amide bonds. The summed E-state index contributed by atoms with van der Waals surface area (Å²) >= 11 is 0. The molecule has 9 nitrogen and oxygen atoms in total. The van der Waals surface area contributed by atoms with Gasteiger partial charge in [-0.15, -0.1) is 0 Å². The zero-order chi connectivity index (χ0) is 43.9. The van der Waals surface area contributed by atoms with Gasteiger partial charge in [0.05, 0.1) is 18.6 Å². The third kappa shape index (κ3) is 29.3. The van der Waals surface area contributed by atoms with E-state index in [1.54, 1.807) is 6.20 Å². The molecule has 0 spiro atoms. The van der Waals surface area contributed by atoms with Gasteiger partial charge in [-0.2, -0.15) is 0 Å². The van der Waals surface area contributed by atoms with Crippen LogP contribution in [0.2, 0.25) is 0 Å². The van der Waals surface area contributed by atoms with Gasteiger partial charge in [0.1, 0.15) is 11.8 Å². The second-order valence-corrected chi connectivity index (χ2v) is 18.1. The minimum absolute atomic E-state index is 0.0210. The Bertz CT molecular complexity index is 1250. The van der Waals surface area contributed by atoms with Crippen LogP contribution in [-0.2, 0) is 32.0 Å². The van der Waals surface area contributed by atoms with Crippen LogP contribution in [0.1, 0.15) is 250 Å². The molecule has 0 radical (unpaired) electrons. The molecular formula is C52H95N5O4. The lowest BCUT2D eigenvalue weighted by atomic mass is 10.0. The van der Waals surface area contributed by atoms with Crippen molar-refractivity contribution >= 4 is 17.8 Å². The molecule has 0 unspecified atom stereocenters. The molecule has 1 aliphatic rings. The molecule has 1 aromatic rings. The second-order valence-electron chi connectivity index (χ2n) is 18.1. The van der Waals surface area contributed by atoms with Gasteiger partial charge in [-0.1, -0.05) is 168 Å². The number of aryl methyl sites for hydroxylation is 1. The summed E-state index contributed by atoms with van der Waals surface area (Å²) < 4.78 is 13.8. The summed E-state index contributed by atoms with van der Waals surface area (Å²) in [6.07, 6.45) is 46.0. The van der Waals surface area contributed by atoms with Crippen molar-refractivity contribution in [2.24, 2.45) is 10.7 Å². The number of aromatic nitrogens is 2. The van der Waals surface area contributed by atoms with Crippen molar-refractivity contribution in [2.45, 2.75) is 258 Å². The summed E-state index contributed by atoms with van der Waals surface area (Å²) in [4.78, 5) is 36.6. The molecule has 0 saturated heterocycles. The summed E-state index contributed by atoms with van der Waals surface area (Å²) in [5.41, 5.74) is 8.13. The van der Waals surface area contributed by atoms with E-state index in [1.165, 1.54) is 148 Å². The maximum Gasteiger partial charge on any atom is 0.306 e. The fourth-order valence-corrected chi connectivity index (χ4v) is 8.59. The Kier molecular flexibility index (Phi) is 34.8. The van der Waals surface area contributed by atoms with Crippen molar-refractivity contribution in [1.29, 1.82) is 0 Å². The fraction of sp³-hybridized carbons (Fsp3) is 0.846. The van der Waals surface area contributed by atoms with E-state index in [0.29, 0.717) is 25.3 Å². The smallest absolute Gasteiger partial charge is 0.306 e. The topological polar surface area (TPSA) is 112 Å². The van der Waals surface area contributed by atoms with E-state index in [4.69, 9.17) is 15.2 Å². The van der Waals surface area contributed by atoms with Gasteiger partial charge in [-0.25, -0.2) is 9.98 Å². The number of hydrogen-bond donors (Lipinski definition) is 1. The van der Waals surface area contributed by atoms with Crippen LogP contribution in [0.3, 0.4) is 0 Å². The first kappa shape index (κ1) is 54.5. The molecule has 1 aromatic heterocycles. The molecule has 9 heteroatoms. The molecule has 0 fully saturated rings. The lowest BCUT2D eigenvalue weighted by molar-refractivity contribution is -0.150. The first-order valence-electron chi connectivity index (χ1n) is 26.1. The minimum Gasteiger partial charge on any atom is -0.466 e. The number of aliphatic imine (C=N–C) groups is 1. The normalized spacial score (nSPS) is 12.6. The van der Waals surface area contributed by atoms with Crippen LogP contribution in [0, 0.1) is 0 Å². The molecule has 2 rings (SSSR count). The maximum absolute atomic E-state index is 12.9. The van der Waals surface area contributed by atoms with Gasteiger partial charge in [-0.3, -0.25) is 9.59 Å². The molecule has 0 atom stereocenters. The molecular weight excluding hydrogens is 759 g/mol. The van der Waals surface area contributed by atoms with Crippen LogP contribution in [0.15, 0.2) is 23.6 Å². The summed E-state index contributed by atoms with van der Waals surface area (Å²) in [5, 5.41) is 0. The average molecular weight is 854 g/mol. The number of unbranched alkanes of at least 4 members (excludes halogenated alkanes) is 24. The lowest BCUT2D eigenvalue weighted by Gasteiger charge is -2.23. The molecule has 0 saturated carbocycles. The highest BCUT2D eigenvalue weighted by Gasteiger charge is 2.16. The number of ether oxygens (including phenoxy) is 2. The largest absolute Gasteiger partial charge is 0.466 e. The van der Waals surface area contributed by atoms with Crippen molar-refractivity contribution in [3.8, 4) is 0 Å². The van der Waals surface area contributed by atoms with Crippen LogP contribution in [-0.4, -0.2) is 64.6 Å². The van der Waals surface area contributed by atoms with Gasteiger partial charge >= 0.3 is 11.9 Å². The molecule has 1 aliphatic heterocycles. The number of nitrogens with zero attached hydrogens (tertiary/aromatic N) is 4. The van der Waals surface area contributed by atoms with Gasteiger partial charge in [0.2, 0.25) is 0 Å². The van der Waals surface area contributed by atoms with Crippen LogP contribution in [0.5, 0.6) is 0 Å². The maximum atomic E-state index is 12.9. The van der Waals surface area contributed by atoms with Crippen LogP contribution in [0.25, 0.3) is 0 Å². The highest BCUT2D eigenvalue weighted by atomic mass is 16.5. The van der Waals surface area contributed by atoms with Crippen LogP contribution >= 0.6 is 0 Å². The lowest BCUT2D eigenvalue weighted by Crippen LogP contribution is -2.28. The SMILES string of the molecule is CCCCCCCCCOC(=O)CCCCCCCN(CCCCCCCC(=O)OC(CCCCCCCC)CCCCCCCC)CCCn1cnc2c1CC=CN=C2N. The van der Waals surface area contributed by atoms with Gasteiger partial charge in [0.25, 0.3) is 0 Å². The highest BCUT2D eigenvalue weighted by Crippen LogP contribution is 2.19. The molecule has 0 aliphatic carbocycles. The summed E-state index contributed by atoms with van der Waals surface area (Å²) in [7, 11) is 0. The zero-order valence-corrected chi connectivity index (χ0v) is 40.1. The molecule has 352 valence electrons. The number of nitrogens with two attached hydrogens (primary N) is 1. The summed E-state index contributed by atoms with van der Waals surface area (Å²) in [6.45, 7) is 11.6. The van der Waals surface area contributed by atoms with Crippen LogP contribution in [0.4, 0.5) is 0 Å². The van der Waals surface area contributed by atoms with Gasteiger partial charge in [-0.05, 0) is 83.8 Å². The second kappa shape index (κ2) is 39.0. The number of fused-ring (bicyclic) bond motifs is 1. The van der Waals surface area contributed by atoms with E-state index in [9.17, 15) is 9.59 Å². The van der Waals surface area contributed by atoms with Crippen molar-refractivity contribution in [2.75, 3.05) is 26.2 Å². The van der Waals surface area contributed by atoms with Gasteiger partial charge < -0.3 is 24.7 Å². The van der Waals surface area contributed by atoms with Crippen molar-refractivity contribution in [3.63, 3.8) is 0 Å². The molecule has 2 heterocycles. The molecule has 0 bridgehead atoms. The predicted molar refractivity (Wildman–Crippen MR) is 257 cm³/mol. The highest BCUT2D eigenvalue weighted by molar-refractivity contribution is 5.97. The number of allylic oxidation sites excluding steroid dienone is 1. The van der Waals surface area contributed by atoms with E-state index in [2.05, 4.69) is 46.3 Å². The van der Waals surface area contributed by atoms with E-state index < -0.39 is 0 Å². The number of amidine groups is 1. The Labute approximate surface area is 375 Å². The number of carbonyl (C=O) groups is 2. The van der Waals surface area contributed by atoms with E-state index in [1.807, 2.05) is 6.33 Å². The summed E-state index contributed by atoms with van der Waals surface area (Å²) in [5.74, 6) is 0.495. The number of hydrogen-bond acceptors (Lipinski definition) is 8. The van der Waals surface area contributed by atoms with Gasteiger partial charge in [0.15, 0.2) is 5.84 Å². The first-order chi connectivity index (χ1) is 30.0. The quantitative estimate of drug-likeness (QED) is 0.0514. The van der Waals surface area contributed by atoms with Crippen molar-refractivity contribution in [1.82, 2.24) is 14.5 Å².